The number of aromatic amines is 1. The Labute approximate surface area is 102 Å². The maximum atomic E-state index is 11.3. The van der Waals surface area contributed by atoms with Crippen LogP contribution in [0.25, 0.3) is 11.0 Å². The number of aromatic nitrogens is 4. The van der Waals surface area contributed by atoms with Crippen LogP contribution >= 0.6 is 11.6 Å². The van der Waals surface area contributed by atoms with Gasteiger partial charge in [0.25, 0.3) is 0 Å². The molecule has 0 aliphatic heterocycles. The number of H-pyrrole nitrogens is 1. The van der Waals surface area contributed by atoms with Crippen LogP contribution in [-0.2, 0) is 9.53 Å². The lowest BCUT2D eigenvalue weighted by Crippen LogP contribution is -2.27. The van der Waals surface area contributed by atoms with Gasteiger partial charge in [0.15, 0.2) is 5.65 Å². The van der Waals surface area contributed by atoms with Gasteiger partial charge in [-0.15, -0.1) is 0 Å². The Hall–Kier alpha value is -1.89. The lowest BCUT2D eigenvalue weighted by atomic mass is 10.3. The maximum Gasteiger partial charge on any atom is 0.328 e. The summed E-state index contributed by atoms with van der Waals surface area (Å²) in [6.07, 6.45) is 1.55. The molecule has 1 atom stereocenters. The molecule has 0 bridgehead atoms. The molecule has 2 aromatic heterocycles. The van der Waals surface area contributed by atoms with Crippen LogP contribution < -0.4 is 5.32 Å². The highest BCUT2D eigenvalue weighted by molar-refractivity contribution is 6.28. The number of carbonyl (C=O) groups is 1. The largest absolute Gasteiger partial charge is 0.467 e. The summed E-state index contributed by atoms with van der Waals surface area (Å²) in [5, 5.41) is 10.1. The second-order valence-corrected chi connectivity index (χ2v) is 3.70. The molecule has 0 aliphatic rings. The van der Waals surface area contributed by atoms with Gasteiger partial charge in [-0.2, -0.15) is 15.1 Å². The number of hydrogen-bond donors (Lipinski definition) is 2. The lowest BCUT2D eigenvalue weighted by molar-refractivity contribution is -0.141. The van der Waals surface area contributed by atoms with Gasteiger partial charge >= 0.3 is 5.97 Å². The van der Waals surface area contributed by atoms with Crippen molar-refractivity contribution in [2.24, 2.45) is 0 Å². The Morgan fingerprint density at radius 1 is 1.59 bits per heavy atom. The van der Waals surface area contributed by atoms with Crippen LogP contribution in [0.15, 0.2) is 6.20 Å². The SMILES string of the molecule is COC(=O)C(C)Nc1nc(Cl)nc2[nH]ncc12. The standard InChI is InChI=1S/C9H10ClN5O2/c1-4(8(16)17-2)12-6-5-3-11-15-7(5)14-9(10)13-6/h3-4H,1-2H3,(H2,11,12,13,14,15). The highest BCUT2D eigenvalue weighted by Gasteiger charge is 2.16. The molecule has 0 saturated carbocycles. The fourth-order valence-electron chi connectivity index (χ4n) is 1.36. The molecule has 0 amide bonds. The van der Waals surface area contributed by atoms with Crippen molar-refractivity contribution < 1.29 is 9.53 Å². The number of halogens is 1. The molecule has 0 radical (unpaired) electrons. The van der Waals surface area contributed by atoms with E-state index in [4.69, 9.17) is 11.6 Å². The van der Waals surface area contributed by atoms with Gasteiger partial charge in [0.2, 0.25) is 5.28 Å². The van der Waals surface area contributed by atoms with Gasteiger partial charge < -0.3 is 10.1 Å². The predicted molar refractivity (Wildman–Crippen MR) is 61.8 cm³/mol. The van der Waals surface area contributed by atoms with Crippen molar-refractivity contribution >= 4 is 34.4 Å². The maximum absolute atomic E-state index is 11.3. The second-order valence-electron chi connectivity index (χ2n) is 3.36. The summed E-state index contributed by atoms with van der Waals surface area (Å²) in [7, 11) is 1.32. The molecule has 7 nitrogen and oxygen atoms in total. The molecule has 2 N–H and O–H groups in total. The normalized spacial score (nSPS) is 12.4. The van der Waals surface area contributed by atoms with Crippen molar-refractivity contribution in [3.8, 4) is 0 Å². The van der Waals surface area contributed by atoms with Crippen LogP contribution in [0.5, 0.6) is 0 Å². The Kier molecular flexibility index (Phi) is 3.10. The van der Waals surface area contributed by atoms with E-state index in [1.807, 2.05) is 0 Å². The van der Waals surface area contributed by atoms with Crippen LogP contribution in [0.4, 0.5) is 5.82 Å². The third-order valence-corrected chi connectivity index (χ3v) is 2.36. The topological polar surface area (TPSA) is 92.8 Å². The molecule has 17 heavy (non-hydrogen) atoms. The average Bonchev–Trinajstić information content (AvgIpc) is 2.75. The van der Waals surface area contributed by atoms with Gasteiger partial charge in [0.05, 0.1) is 18.7 Å². The molecule has 2 heterocycles. The molecule has 2 rings (SSSR count). The van der Waals surface area contributed by atoms with Crippen molar-refractivity contribution in [2.45, 2.75) is 13.0 Å². The molecular weight excluding hydrogens is 246 g/mol. The molecule has 0 saturated heterocycles. The van der Waals surface area contributed by atoms with Crippen molar-refractivity contribution in [1.29, 1.82) is 0 Å². The van der Waals surface area contributed by atoms with Gasteiger partial charge in [-0.25, -0.2) is 4.79 Å². The zero-order valence-corrected chi connectivity index (χ0v) is 9.95. The number of hydrogen-bond acceptors (Lipinski definition) is 6. The Balaban J connectivity index is 2.34. The summed E-state index contributed by atoms with van der Waals surface area (Å²) >= 11 is 5.75. The minimum Gasteiger partial charge on any atom is -0.467 e. The number of nitrogens with one attached hydrogen (secondary N) is 2. The third kappa shape index (κ3) is 2.28. The van der Waals surface area contributed by atoms with Crippen LogP contribution in [0, 0.1) is 0 Å². The Bertz CT molecular complexity index is 555. The number of esters is 1. The summed E-state index contributed by atoms with van der Waals surface area (Å²) in [6, 6.07) is -0.538. The molecule has 0 spiro atoms. The smallest absolute Gasteiger partial charge is 0.328 e. The second kappa shape index (κ2) is 4.54. The van der Waals surface area contributed by atoms with Gasteiger partial charge in [-0.1, -0.05) is 0 Å². The Morgan fingerprint density at radius 2 is 2.35 bits per heavy atom. The third-order valence-electron chi connectivity index (χ3n) is 2.19. The average molecular weight is 256 g/mol. The number of rotatable bonds is 3. The first-order chi connectivity index (χ1) is 8.11. The molecule has 0 fully saturated rings. The van der Waals surface area contributed by atoms with Gasteiger partial charge in [0.1, 0.15) is 11.9 Å². The molecular formula is C9H10ClN5O2. The van der Waals surface area contributed by atoms with Crippen LogP contribution in [0.3, 0.4) is 0 Å². The minimum atomic E-state index is -0.538. The fourth-order valence-corrected chi connectivity index (χ4v) is 1.53. The first kappa shape index (κ1) is 11.6. The van der Waals surface area contributed by atoms with Gasteiger partial charge in [0, 0.05) is 0 Å². The highest BCUT2D eigenvalue weighted by Crippen LogP contribution is 2.20. The number of nitrogens with zero attached hydrogens (tertiary/aromatic N) is 3. The van der Waals surface area contributed by atoms with Crippen molar-refractivity contribution in [1.82, 2.24) is 20.2 Å². The summed E-state index contributed by atoms with van der Waals surface area (Å²) in [5.41, 5.74) is 0.504. The minimum absolute atomic E-state index is 0.0707. The number of methoxy groups -OCH3 is 1. The van der Waals surface area contributed by atoms with E-state index in [0.717, 1.165) is 0 Å². The summed E-state index contributed by atoms with van der Waals surface area (Å²) in [6.45, 7) is 1.66. The zero-order chi connectivity index (χ0) is 12.4. The van der Waals surface area contributed by atoms with Gasteiger partial charge in [-0.3, -0.25) is 5.10 Å². The molecule has 8 heteroatoms. The molecule has 0 aromatic carbocycles. The van der Waals surface area contributed by atoms with Crippen molar-refractivity contribution in [2.75, 3.05) is 12.4 Å². The zero-order valence-electron chi connectivity index (χ0n) is 9.19. The van der Waals surface area contributed by atoms with Crippen molar-refractivity contribution in [3.63, 3.8) is 0 Å². The van der Waals surface area contributed by atoms with Crippen LogP contribution in [-0.4, -0.2) is 39.3 Å². The molecule has 2 aromatic rings. The first-order valence-corrected chi connectivity index (χ1v) is 5.20. The summed E-state index contributed by atoms with van der Waals surface area (Å²) < 4.78 is 4.61. The van der Waals surface area contributed by atoms with Crippen LogP contribution in [0.2, 0.25) is 5.28 Å². The van der Waals surface area contributed by atoms with E-state index in [1.165, 1.54) is 7.11 Å². The number of anilines is 1. The Morgan fingerprint density at radius 3 is 3.06 bits per heavy atom. The quantitative estimate of drug-likeness (QED) is 0.627. The van der Waals surface area contributed by atoms with E-state index in [1.54, 1.807) is 13.1 Å². The first-order valence-electron chi connectivity index (χ1n) is 4.83. The van der Waals surface area contributed by atoms with Gasteiger partial charge in [-0.05, 0) is 18.5 Å². The van der Waals surface area contributed by atoms with E-state index < -0.39 is 12.0 Å². The number of ether oxygens (including phenoxy) is 1. The molecule has 1 unspecified atom stereocenters. The monoisotopic (exact) mass is 255 g/mol. The van der Waals surface area contributed by atoms with E-state index >= 15 is 0 Å². The lowest BCUT2D eigenvalue weighted by Gasteiger charge is -2.12. The van der Waals surface area contributed by atoms with E-state index in [2.05, 4.69) is 30.2 Å². The molecule has 0 aliphatic carbocycles. The van der Waals surface area contributed by atoms with E-state index in [9.17, 15) is 4.79 Å². The fraction of sp³-hybridized carbons (Fsp3) is 0.333. The van der Waals surface area contributed by atoms with Crippen LogP contribution in [0.1, 0.15) is 6.92 Å². The predicted octanol–water partition coefficient (Wildman–Crippen LogP) is 0.980. The summed E-state index contributed by atoms with van der Waals surface area (Å²) in [5.74, 6) is 0.0445. The van der Waals surface area contributed by atoms with E-state index in [-0.39, 0.29) is 5.28 Å². The summed E-state index contributed by atoms with van der Waals surface area (Å²) in [4.78, 5) is 19.2. The van der Waals surface area contributed by atoms with Crippen molar-refractivity contribution in [3.05, 3.63) is 11.5 Å². The number of fused-ring (bicyclic) bond motifs is 1. The highest BCUT2D eigenvalue weighted by atomic mass is 35.5. The van der Waals surface area contributed by atoms with E-state index in [0.29, 0.717) is 16.9 Å². The molecule has 90 valence electrons. The number of carbonyl (C=O) groups excluding carboxylic acids is 1.